The zero-order valence-electron chi connectivity index (χ0n) is 11.4. The van der Waals surface area contributed by atoms with Crippen LogP contribution in [0.15, 0.2) is 6.20 Å². The Balaban J connectivity index is 2.99. The zero-order chi connectivity index (χ0) is 13.5. The fraction of sp³-hybridized carbons (Fsp3) is 0.750. The van der Waals surface area contributed by atoms with Crippen molar-refractivity contribution in [3.8, 4) is 0 Å². The third kappa shape index (κ3) is 3.45. The van der Waals surface area contributed by atoms with Crippen LogP contribution in [0.3, 0.4) is 0 Å². The Hall–Kier alpha value is -0.620. The second kappa shape index (κ2) is 7.74. The molecule has 0 aromatic carbocycles. The monoisotopic (exact) mass is 275 g/mol. The van der Waals surface area contributed by atoms with Crippen molar-refractivity contribution < 1.29 is 9.47 Å². The number of nitrogens with zero attached hydrogens (tertiary/aromatic N) is 2. The van der Waals surface area contributed by atoms with Gasteiger partial charge in [0.15, 0.2) is 0 Å². The third-order valence-electron chi connectivity index (χ3n) is 3.02. The first-order valence-corrected chi connectivity index (χ1v) is 6.47. The van der Waals surface area contributed by atoms with Crippen LogP contribution in [-0.2, 0) is 16.0 Å². The quantitative estimate of drug-likeness (QED) is 0.787. The lowest BCUT2D eigenvalue weighted by atomic mass is 10.1. The van der Waals surface area contributed by atoms with Gasteiger partial charge in [0.1, 0.15) is 0 Å². The molecule has 18 heavy (non-hydrogen) atoms. The summed E-state index contributed by atoms with van der Waals surface area (Å²) in [7, 11) is 5.28. The highest BCUT2D eigenvalue weighted by molar-refractivity contribution is 6.31. The summed E-state index contributed by atoms with van der Waals surface area (Å²) in [5, 5.41) is 8.19. The zero-order valence-corrected chi connectivity index (χ0v) is 12.2. The van der Waals surface area contributed by atoms with E-state index in [2.05, 4.69) is 17.3 Å². The van der Waals surface area contributed by atoms with Crippen molar-refractivity contribution in [3.05, 3.63) is 16.9 Å². The SMILES string of the molecule is CCC(OC)C(NC)c1c(Cl)cnn1CCOC. The van der Waals surface area contributed by atoms with Crippen LogP contribution in [0.2, 0.25) is 5.02 Å². The molecule has 0 aliphatic rings. The summed E-state index contributed by atoms with van der Waals surface area (Å²) < 4.78 is 12.4. The van der Waals surface area contributed by atoms with Gasteiger partial charge in [-0.1, -0.05) is 18.5 Å². The van der Waals surface area contributed by atoms with Crippen molar-refractivity contribution >= 4 is 11.6 Å². The molecule has 6 heteroatoms. The minimum atomic E-state index is 0.0202. The van der Waals surface area contributed by atoms with Gasteiger partial charge in [-0.05, 0) is 13.5 Å². The van der Waals surface area contributed by atoms with E-state index < -0.39 is 0 Å². The second-order valence-corrected chi connectivity index (χ2v) is 4.45. The highest BCUT2D eigenvalue weighted by atomic mass is 35.5. The van der Waals surface area contributed by atoms with Crippen molar-refractivity contribution in [3.63, 3.8) is 0 Å². The largest absolute Gasteiger partial charge is 0.383 e. The summed E-state index contributed by atoms with van der Waals surface area (Å²) in [6, 6.07) is 0.0202. The lowest BCUT2D eigenvalue weighted by Gasteiger charge is -2.26. The average molecular weight is 276 g/mol. The van der Waals surface area contributed by atoms with Crippen LogP contribution in [0.4, 0.5) is 0 Å². The highest BCUT2D eigenvalue weighted by Crippen LogP contribution is 2.27. The smallest absolute Gasteiger partial charge is 0.0835 e. The molecule has 1 heterocycles. The molecule has 0 spiro atoms. The average Bonchev–Trinajstić information content (AvgIpc) is 2.74. The molecular weight excluding hydrogens is 254 g/mol. The van der Waals surface area contributed by atoms with E-state index in [1.165, 1.54) is 0 Å². The molecule has 1 N–H and O–H groups in total. The summed E-state index contributed by atoms with van der Waals surface area (Å²) in [6.45, 7) is 3.37. The first kappa shape index (κ1) is 15.4. The summed E-state index contributed by atoms with van der Waals surface area (Å²) in [5.74, 6) is 0. The Morgan fingerprint density at radius 2 is 2.22 bits per heavy atom. The van der Waals surface area contributed by atoms with Gasteiger partial charge in [0.25, 0.3) is 0 Å². The molecule has 0 amide bonds. The molecule has 1 aromatic rings. The Bertz CT molecular complexity index is 353. The predicted molar refractivity (Wildman–Crippen MR) is 72.0 cm³/mol. The summed E-state index contributed by atoms with van der Waals surface area (Å²) in [5.41, 5.74) is 0.949. The second-order valence-electron chi connectivity index (χ2n) is 4.04. The van der Waals surface area contributed by atoms with Crippen LogP contribution >= 0.6 is 11.6 Å². The van der Waals surface area contributed by atoms with E-state index in [1.807, 2.05) is 11.7 Å². The maximum Gasteiger partial charge on any atom is 0.0835 e. The summed E-state index contributed by atoms with van der Waals surface area (Å²) in [6.07, 6.45) is 2.62. The van der Waals surface area contributed by atoms with Crippen molar-refractivity contribution in [2.75, 3.05) is 27.9 Å². The Kier molecular flexibility index (Phi) is 6.63. The van der Waals surface area contributed by atoms with Gasteiger partial charge in [-0.3, -0.25) is 4.68 Å². The summed E-state index contributed by atoms with van der Waals surface area (Å²) in [4.78, 5) is 0. The number of hydrogen-bond donors (Lipinski definition) is 1. The fourth-order valence-electron chi connectivity index (χ4n) is 2.07. The molecule has 5 nitrogen and oxygen atoms in total. The van der Waals surface area contributed by atoms with Gasteiger partial charge in [-0.15, -0.1) is 0 Å². The molecule has 0 aliphatic heterocycles. The molecule has 104 valence electrons. The standard InChI is InChI=1S/C12H22ClN3O2/c1-5-10(18-4)11(14-2)12-9(13)8-15-16(12)6-7-17-3/h8,10-11,14H,5-7H2,1-4H3. The van der Waals surface area contributed by atoms with Gasteiger partial charge in [-0.2, -0.15) is 5.10 Å². The van der Waals surface area contributed by atoms with Gasteiger partial charge in [0, 0.05) is 14.2 Å². The number of rotatable bonds is 8. The third-order valence-corrected chi connectivity index (χ3v) is 3.31. The number of aromatic nitrogens is 2. The van der Waals surface area contributed by atoms with E-state index in [1.54, 1.807) is 20.4 Å². The Labute approximate surface area is 113 Å². The van der Waals surface area contributed by atoms with Gasteiger partial charge in [0.05, 0.1) is 42.2 Å². The molecule has 2 atom stereocenters. The lowest BCUT2D eigenvalue weighted by Crippen LogP contribution is -2.33. The number of halogens is 1. The van der Waals surface area contributed by atoms with Crippen molar-refractivity contribution in [1.29, 1.82) is 0 Å². The van der Waals surface area contributed by atoms with E-state index in [9.17, 15) is 0 Å². The van der Waals surface area contributed by atoms with Crippen molar-refractivity contribution in [1.82, 2.24) is 15.1 Å². The predicted octanol–water partition coefficient (Wildman–Crippen LogP) is 1.87. The number of hydrogen-bond acceptors (Lipinski definition) is 4. The number of ether oxygens (including phenoxy) is 2. The van der Waals surface area contributed by atoms with Gasteiger partial charge >= 0.3 is 0 Å². The molecule has 0 bridgehead atoms. The van der Waals surface area contributed by atoms with E-state index in [-0.39, 0.29) is 12.1 Å². The maximum atomic E-state index is 6.24. The molecule has 0 radical (unpaired) electrons. The number of nitrogens with one attached hydrogen (secondary N) is 1. The minimum absolute atomic E-state index is 0.0202. The normalized spacial score (nSPS) is 14.7. The molecule has 0 aliphatic carbocycles. The Morgan fingerprint density at radius 3 is 2.72 bits per heavy atom. The summed E-state index contributed by atoms with van der Waals surface area (Å²) >= 11 is 6.24. The van der Waals surface area contributed by atoms with Gasteiger partial charge < -0.3 is 14.8 Å². The van der Waals surface area contributed by atoms with E-state index in [0.717, 1.165) is 12.1 Å². The van der Waals surface area contributed by atoms with E-state index in [0.29, 0.717) is 18.2 Å². The van der Waals surface area contributed by atoms with Gasteiger partial charge in [-0.25, -0.2) is 0 Å². The minimum Gasteiger partial charge on any atom is -0.383 e. The highest BCUT2D eigenvalue weighted by Gasteiger charge is 2.26. The maximum absolute atomic E-state index is 6.24. The van der Waals surface area contributed by atoms with Crippen LogP contribution < -0.4 is 5.32 Å². The van der Waals surface area contributed by atoms with Crippen molar-refractivity contribution in [2.45, 2.75) is 32.0 Å². The van der Waals surface area contributed by atoms with Crippen LogP contribution in [0.25, 0.3) is 0 Å². The molecule has 0 saturated carbocycles. The van der Waals surface area contributed by atoms with Crippen LogP contribution in [0, 0.1) is 0 Å². The van der Waals surface area contributed by atoms with Crippen molar-refractivity contribution in [2.24, 2.45) is 0 Å². The number of methoxy groups -OCH3 is 2. The van der Waals surface area contributed by atoms with Crippen LogP contribution in [0.1, 0.15) is 25.1 Å². The number of likely N-dealkylation sites (N-methyl/N-ethyl adjacent to an activating group) is 1. The first-order chi connectivity index (χ1) is 8.69. The topological polar surface area (TPSA) is 48.3 Å². The van der Waals surface area contributed by atoms with Crippen LogP contribution in [0.5, 0.6) is 0 Å². The van der Waals surface area contributed by atoms with E-state index in [4.69, 9.17) is 21.1 Å². The van der Waals surface area contributed by atoms with Crippen LogP contribution in [-0.4, -0.2) is 43.8 Å². The first-order valence-electron chi connectivity index (χ1n) is 6.09. The lowest BCUT2D eigenvalue weighted by molar-refractivity contribution is 0.0641. The molecule has 2 unspecified atom stereocenters. The van der Waals surface area contributed by atoms with E-state index >= 15 is 0 Å². The molecule has 1 rings (SSSR count). The fourth-order valence-corrected chi connectivity index (χ4v) is 2.33. The van der Waals surface area contributed by atoms with Gasteiger partial charge in [0.2, 0.25) is 0 Å². The molecule has 1 aromatic heterocycles. The molecule has 0 fully saturated rings. The molecular formula is C12H22ClN3O2. The molecule has 0 saturated heterocycles. The Morgan fingerprint density at radius 1 is 1.50 bits per heavy atom.